The van der Waals surface area contributed by atoms with Gasteiger partial charge in [-0.2, -0.15) is 0 Å². The minimum Gasteiger partial charge on any atom is -0.872 e. The molecule has 1 aromatic rings. The summed E-state index contributed by atoms with van der Waals surface area (Å²) in [6.45, 7) is 1.39. The van der Waals surface area contributed by atoms with E-state index in [1.54, 1.807) is 19.1 Å². The highest BCUT2D eigenvalue weighted by atomic mass is 35.5. The molecule has 0 bridgehead atoms. The molecule has 19 heavy (non-hydrogen) atoms. The number of fused-ring (bicyclic) bond motifs is 1. The summed E-state index contributed by atoms with van der Waals surface area (Å²) in [5.74, 6) is -2.24. The number of carbonyl (C=O) groups is 2. The molecule has 0 saturated heterocycles. The van der Waals surface area contributed by atoms with Gasteiger partial charge in [0.2, 0.25) is 0 Å². The van der Waals surface area contributed by atoms with Gasteiger partial charge in [0.05, 0.1) is 6.61 Å². The van der Waals surface area contributed by atoms with Gasteiger partial charge in [0.1, 0.15) is 12.4 Å². The van der Waals surface area contributed by atoms with E-state index in [2.05, 4.69) is 4.74 Å². The van der Waals surface area contributed by atoms with Crippen molar-refractivity contribution in [1.29, 1.82) is 0 Å². The molecule has 1 aliphatic rings. The first-order valence-electron chi connectivity index (χ1n) is 5.59. The van der Waals surface area contributed by atoms with Crippen LogP contribution in [0.5, 0.6) is 5.75 Å². The summed E-state index contributed by atoms with van der Waals surface area (Å²) >= 11 is 5.79. The Morgan fingerprint density at radius 1 is 1.47 bits per heavy atom. The lowest BCUT2D eigenvalue weighted by atomic mass is 10.0. The number of halogens is 1. The molecule has 6 heteroatoms. The van der Waals surface area contributed by atoms with E-state index >= 15 is 0 Å². The van der Waals surface area contributed by atoms with Crippen molar-refractivity contribution in [2.45, 2.75) is 6.92 Å². The number of benzene rings is 1. The van der Waals surface area contributed by atoms with Crippen LogP contribution in [0, 0.1) is 0 Å². The number of hydrogen-bond donors (Lipinski definition) is 0. The molecule has 0 spiro atoms. The summed E-state index contributed by atoms with van der Waals surface area (Å²) in [5.41, 5.74) is -0.0698. The van der Waals surface area contributed by atoms with E-state index in [1.165, 1.54) is 6.07 Å². The van der Waals surface area contributed by atoms with Gasteiger partial charge in [-0.05, 0) is 25.1 Å². The highest BCUT2D eigenvalue weighted by Crippen LogP contribution is 2.32. The van der Waals surface area contributed by atoms with Crippen molar-refractivity contribution in [3.8, 4) is 5.75 Å². The summed E-state index contributed by atoms with van der Waals surface area (Å²) in [5, 5.41) is 12.5. The molecule has 0 saturated carbocycles. The molecule has 1 aliphatic heterocycles. The molecule has 0 N–H and O–H groups in total. The predicted octanol–water partition coefficient (Wildman–Crippen LogP) is 0.936. The van der Waals surface area contributed by atoms with E-state index in [-0.39, 0.29) is 24.4 Å². The average Bonchev–Trinajstić information content (AvgIpc) is 2.39. The van der Waals surface area contributed by atoms with E-state index in [0.717, 1.165) is 0 Å². The molecular weight excluding hydrogens is 272 g/mol. The molecule has 5 nitrogen and oxygen atoms in total. The number of ketones is 1. The molecule has 0 fully saturated rings. The van der Waals surface area contributed by atoms with Crippen molar-refractivity contribution in [3.63, 3.8) is 0 Å². The molecule has 1 aromatic carbocycles. The Morgan fingerprint density at radius 3 is 2.89 bits per heavy atom. The lowest BCUT2D eigenvalue weighted by molar-refractivity contribution is -0.246. The Labute approximate surface area is 114 Å². The van der Waals surface area contributed by atoms with Crippen LogP contribution in [-0.4, -0.2) is 25.0 Å². The van der Waals surface area contributed by atoms with Crippen LogP contribution in [0.2, 0.25) is 5.02 Å². The Bertz CT molecular complexity index is 576. The third-order valence-corrected chi connectivity index (χ3v) is 2.80. The molecule has 100 valence electrons. The van der Waals surface area contributed by atoms with Crippen LogP contribution < -0.4 is 9.84 Å². The fourth-order valence-corrected chi connectivity index (χ4v) is 1.84. The second-order valence-corrected chi connectivity index (χ2v) is 4.22. The monoisotopic (exact) mass is 281 g/mol. The third kappa shape index (κ3) is 2.56. The molecular formula is C13H10ClO5-. The highest BCUT2D eigenvalue weighted by Gasteiger charge is 2.25. The van der Waals surface area contributed by atoms with Crippen molar-refractivity contribution >= 4 is 29.1 Å². The summed E-state index contributed by atoms with van der Waals surface area (Å²) in [6, 6.07) is 4.52. The van der Waals surface area contributed by atoms with E-state index < -0.39 is 17.5 Å². The van der Waals surface area contributed by atoms with E-state index in [1.807, 2.05) is 0 Å². The maximum atomic E-state index is 12.1. The average molecular weight is 282 g/mol. The van der Waals surface area contributed by atoms with E-state index in [9.17, 15) is 14.7 Å². The minimum atomic E-state index is -1.06. The first-order chi connectivity index (χ1) is 9.04. The Kier molecular flexibility index (Phi) is 3.76. The lowest BCUT2D eigenvalue weighted by Gasteiger charge is -2.26. The van der Waals surface area contributed by atoms with Crippen molar-refractivity contribution in [3.05, 3.63) is 34.4 Å². The molecule has 0 aliphatic carbocycles. The maximum absolute atomic E-state index is 12.1. The summed E-state index contributed by atoms with van der Waals surface area (Å²) in [4.78, 5) is 23.1. The number of esters is 1. The Morgan fingerprint density at radius 2 is 2.21 bits per heavy atom. The molecule has 0 amide bonds. The number of rotatable bonds is 3. The number of carbonyl (C=O) groups excluding carboxylic acids is 2. The second-order valence-electron chi connectivity index (χ2n) is 3.79. The summed E-state index contributed by atoms with van der Waals surface area (Å²) in [6.07, 6.45) is 0. The van der Waals surface area contributed by atoms with Gasteiger partial charge in [-0.15, -0.1) is 0 Å². The molecule has 2 rings (SSSR count). The van der Waals surface area contributed by atoms with Crippen LogP contribution >= 0.6 is 11.6 Å². The van der Waals surface area contributed by atoms with Gasteiger partial charge in [0.25, 0.3) is 5.78 Å². The van der Waals surface area contributed by atoms with Gasteiger partial charge in [0, 0.05) is 16.2 Å². The second kappa shape index (κ2) is 5.32. The maximum Gasteiger partial charge on any atom is 0.379 e. The van der Waals surface area contributed by atoms with Crippen LogP contribution in [0.3, 0.4) is 0 Å². The molecule has 0 unspecified atom stereocenters. The molecule has 0 atom stereocenters. The van der Waals surface area contributed by atoms with Crippen LogP contribution in [0.15, 0.2) is 23.8 Å². The number of Topliss-reactive ketones (excluding diaryl/α,β-unsaturated/α-hetero) is 1. The fourth-order valence-electron chi connectivity index (χ4n) is 1.67. The van der Waals surface area contributed by atoms with Gasteiger partial charge in [0.15, 0.2) is 0 Å². The zero-order valence-electron chi connectivity index (χ0n) is 10.1. The van der Waals surface area contributed by atoms with E-state index in [0.29, 0.717) is 10.8 Å². The van der Waals surface area contributed by atoms with Gasteiger partial charge >= 0.3 is 5.97 Å². The van der Waals surface area contributed by atoms with Crippen molar-refractivity contribution in [2.24, 2.45) is 0 Å². The van der Waals surface area contributed by atoms with Crippen LogP contribution in [0.4, 0.5) is 0 Å². The first kappa shape index (κ1) is 13.4. The zero-order valence-corrected chi connectivity index (χ0v) is 10.8. The molecule has 0 aromatic heterocycles. The quantitative estimate of drug-likeness (QED) is 0.609. The van der Waals surface area contributed by atoms with Gasteiger partial charge < -0.3 is 14.6 Å². The summed E-state index contributed by atoms with van der Waals surface area (Å²) in [7, 11) is 0. The first-order valence-corrected chi connectivity index (χ1v) is 5.96. The van der Waals surface area contributed by atoms with Crippen molar-refractivity contribution in [2.75, 3.05) is 13.2 Å². The van der Waals surface area contributed by atoms with Gasteiger partial charge in [-0.3, -0.25) is 4.79 Å². The molecule has 1 heterocycles. The SMILES string of the molecule is CCOC(=O)C(=O)C1=C([O-])c2cc(Cl)ccc2OC1. The normalized spacial score (nSPS) is 13.6. The smallest absolute Gasteiger partial charge is 0.379 e. The van der Waals surface area contributed by atoms with Crippen LogP contribution in [0.25, 0.3) is 5.76 Å². The Balaban J connectivity index is 2.40. The Hall–Kier alpha value is -2.01. The summed E-state index contributed by atoms with van der Waals surface area (Å²) < 4.78 is 9.84. The number of ether oxygens (including phenoxy) is 2. The van der Waals surface area contributed by atoms with Crippen LogP contribution in [0.1, 0.15) is 12.5 Å². The standard InChI is InChI=1S/C13H11ClO5/c1-2-18-13(17)12(16)9-6-19-10-4-3-7(14)5-8(10)11(9)15/h3-5,15H,2,6H2,1H3/p-1. The zero-order chi connectivity index (χ0) is 14.0. The van der Waals surface area contributed by atoms with E-state index in [4.69, 9.17) is 16.3 Å². The highest BCUT2D eigenvalue weighted by molar-refractivity contribution is 6.42. The van der Waals surface area contributed by atoms with Crippen molar-refractivity contribution < 1.29 is 24.2 Å². The minimum absolute atomic E-state index is 0.0648. The van der Waals surface area contributed by atoms with Gasteiger partial charge in [-0.25, -0.2) is 4.79 Å². The largest absolute Gasteiger partial charge is 0.872 e. The van der Waals surface area contributed by atoms with Crippen molar-refractivity contribution in [1.82, 2.24) is 0 Å². The topological polar surface area (TPSA) is 75.7 Å². The third-order valence-electron chi connectivity index (χ3n) is 2.57. The fraction of sp³-hybridized carbons (Fsp3) is 0.231. The predicted molar refractivity (Wildman–Crippen MR) is 65.5 cm³/mol. The van der Waals surface area contributed by atoms with Gasteiger partial charge in [-0.1, -0.05) is 17.4 Å². The molecule has 0 radical (unpaired) electrons. The van der Waals surface area contributed by atoms with Crippen LogP contribution in [-0.2, 0) is 14.3 Å². The lowest BCUT2D eigenvalue weighted by Crippen LogP contribution is -2.28. The number of hydrogen-bond acceptors (Lipinski definition) is 5.